The van der Waals surface area contributed by atoms with Gasteiger partial charge in [-0.05, 0) is 33.1 Å². The minimum atomic E-state index is -0.846. The van der Waals surface area contributed by atoms with Crippen molar-refractivity contribution in [3.63, 3.8) is 0 Å². The van der Waals surface area contributed by atoms with Gasteiger partial charge in [-0.25, -0.2) is 4.79 Å². The van der Waals surface area contributed by atoms with Crippen molar-refractivity contribution >= 4 is 12.1 Å². The molecule has 0 aliphatic carbocycles. The zero-order valence-corrected chi connectivity index (χ0v) is 11.2. The third kappa shape index (κ3) is 4.52. The first kappa shape index (κ1) is 14.8. The number of carbonyl (C=O) groups excluding carboxylic acids is 1. The first-order valence-electron chi connectivity index (χ1n) is 6.14. The fourth-order valence-corrected chi connectivity index (χ4v) is 2.00. The van der Waals surface area contributed by atoms with Crippen molar-refractivity contribution in [1.82, 2.24) is 4.90 Å². The number of nitrogens with zero attached hydrogens (tertiary/aromatic N) is 1. The molecule has 0 spiro atoms. The number of aliphatic carboxylic acids is 1. The van der Waals surface area contributed by atoms with Crippen LogP contribution in [0.25, 0.3) is 0 Å². The number of rotatable bonds is 2. The minimum absolute atomic E-state index is 0.0589. The molecule has 0 unspecified atom stereocenters. The smallest absolute Gasteiger partial charge is 0.410 e. The van der Waals surface area contributed by atoms with Gasteiger partial charge in [-0.1, -0.05) is 0 Å². The van der Waals surface area contributed by atoms with Crippen LogP contribution in [0.4, 0.5) is 4.79 Å². The van der Waals surface area contributed by atoms with Gasteiger partial charge in [-0.3, -0.25) is 4.79 Å². The van der Waals surface area contributed by atoms with Gasteiger partial charge in [0, 0.05) is 25.6 Å². The molecule has 2 atom stereocenters. The number of carboxylic acid groups (broad SMARTS) is 1. The standard InChI is InChI=1S/C12H22N2O4/c1-12(2,3)18-11(17)14-5-4-8(6-10(15)16)9(13)7-14/h8-9H,4-7,13H2,1-3H3,(H,15,16)/t8-,9-/m1/s1. The molecule has 1 amide bonds. The van der Waals surface area contributed by atoms with Crippen molar-refractivity contribution in [2.45, 2.75) is 45.3 Å². The van der Waals surface area contributed by atoms with E-state index in [1.165, 1.54) is 0 Å². The monoisotopic (exact) mass is 258 g/mol. The SMILES string of the molecule is CC(C)(C)OC(=O)N1CC[C@H](CC(=O)O)[C@H](N)C1. The summed E-state index contributed by atoms with van der Waals surface area (Å²) in [5, 5.41) is 8.75. The molecule has 6 nitrogen and oxygen atoms in total. The molecule has 0 aromatic heterocycles. The summed E-state index contributed by atoms with van der Waals surface area (Å²) in [6.45, 7) is 6.28. The maximum Gasteiger partial charge on any atom is 0.410 e. The zero-order valence-electron chi connectivity index (χ0n) is 11.2. The van der Waals surface area contributed by atoms with Gasteiger partial charge >= 0.3 is 12.1 Å². The molecule has 18 heavy (non-hydrogen) atoms. The van der Waals surface area contributed by atoms with Crippen molar-refractivity contribution in [3.05, 3.63) is 0 Å². The molecule has 0 bridgehead atoms. The van der Waals surface area contributed by atoms with Gasteiger partial charge in [-0.2, -0.15) is 0 Å². The molecule has 1 aliphatic heterocycles. The van der Waals surface area contributed by atoms with Gasteiger partial charge in [0.15, 0.2) is 0 Å². The number of hydrogen-bond donors (Lipinski definition) is 2. The number of piperidine rings is 1. The number of amides is 1. The minimum Gasteiger partial charge on any atom is -0.481 e. The Morgan fingerprint density at radius 2 is 2.06 bits per heavy atom. The first-order chi connectivity index (χ1) is 8.19. The second-order valence-corrected chi connectivity index (χ2v) is 5.74. The van der Waals surface area contributed by atoms with E-state index in [9.17, 15) is 9.59 Å². The van der Waals surface area contributed by atoms with Crippen LogP contribution in [-0.2, 0) is 9.53 Å². The summed E-state index contributed by atoms with van der Waals surface area (Å²) >= 11 is 0. The molecule has 0 aromatic carbocycles. The van der Waals surface area contributed by atoms with Crippen LogP contribution in [0, 0.1) is 5.92 Å². The topological polar surface area (TPSA) is 92.9 Å². The van der Waals surface area contributed by atoms with E-state index in [1.54, 1.807) is 4.90 Å². The van der Waals surface area contributed by atoms with Gasteiger partial charge in [0.1, 0.15) is 5.60 Å². The fourth-order valence-electron chi connectivity index (χ4n) is 2.00. The van der Waals surface area contributed by atoms with Gasteiger partial charge in [-0.15, -0.1) is 0 Å². The van der Waals surface area contributed by atoms with Gasteiger partial charge in [0.2, 0.25) is 0 Å². The highest BCUT2D eigenvalue weighted by Gasteiger charge is 2.32. The highest BCUT2D eigenvalue weighted by Crippen LogP contribution is 2.21. The van der Waals surface area contributed by atoms with E-state index in [0.717, 1.165) is 0 Å². The largest absolute Gasteiger partial charge is 0.481 e. The summed E-state index contributed by atoms with van der Waals surface area (Å²) in [5.74, 6) is -0.914. The molecular weight excluding hydrogens is 236 g/mol. The number of hydrogen-bond acceptors (Lipinski definition) is 4. The Balaban J connectivity index is 2.50. The molecule has 104 valence electrons. The van der Waals surface area contributed by atoms with E-state index >= 15 is 0 Å². The van der Waals surface area contributed by atoms with Crippen molar-refractivity contribution in [2.75, 3.05) is 13.1 Å². The van der Waals surface area contributed by atoms with E-state index in [1.807, 2.05) is 20.8 Å². The molecule has 3 N–H and O–H groups in total. The number of carboxylic acids is 1. The highest BCUT2D eigenvalue weighted by atomic mass is 16.6. The molecule has 1 saturated heterocycles. The molecule has 1 heterocycles. The molecule has 0 saturated carbocycles. The Labute approximate surface area is 107 Å². The lowest BCUT2D eigenvalue weighted by Gasteiger charge is -2.36. The third-order valence-electron chi connectivity index (χ3n) is 2.90. The van der Waals surface area contributed by atoms with Crippen LogP contribution in [0.5, 0.6) is 0 Å². The quantitative estimate of drug-likeness (QED) is 0.772. The molecular formula is C12H22N2O4. The maximum atomic E-state index is 11.8. The molecule has 1 fully saturated rings. The van der Waals surface area contributed by atoms with Gasteiger partial charge in [0.25, 0.3) is 0 Å². The van der Waals surface area contributed by atoms with Crippen molar-refractivity contribution < 1.29 is 19.4 Å². The average molecular weight is 258 g/mol. The Bertz CT molecular complexity index is 325. The number of nitrogens with two attached hydrogens (primary N) is 1. The van der Waals surface area contributed by atoms with Gasteiger partial charge in [0.05, 0.1) is 0 Å². The molecule has 0 radical (unpaired) electrons. The predicted molar refractivity (Wildman–Crippen MR) is 66.1 cm³/mol. The molecule has 1 aliphatic rings. The number of carbonyl (C=O) groups is 2. The Morgan fingerprint density at radius 1 is 1.44 bits per heavy atom. The lowest BCUT2D eigenvalue weighted by molar-refractivity contribution is -0.138. The summed E-state index contributed by atoms with van der Waals surface area (Å²) in [7, 11) is 0. The van der Waals surface area contributed by atoms with Crippen molar-refractivity contribution in [1.29, 1.82) is 0 Å². The van der Waals surface area contributed by atoms with Crippen molar-refractivity contribution in [3.8, 4) is 0 Å². The molecule has 6 heteroatoms. The van der Waals surface area contributed by atoms with E-state index in [4.69, 9.17) is 15.6 Å². The van der Waals surface area contributed by atoms with Crippen LogP contribution in [0.2, 0.25) is 0 Å². The Hall–Kier alpha value is -1.30. The Kier molecular flexibility index (Phi) is 4.56. The zero-order chi connectivity index (χ0) is 13.9. The lowest BCUT2D eigenvalue weighted by atomic mass is 9.89. The fraction of sp³-hybridized carbons (Fsp3) is 0.833. The predicted octanol–water partition coefficient (Wildman–Crippen LogP) is 1.05. The summed E-state index contributed by atoms with van der Waals surface area (Å²) in [4.78, 5) is 24.0. The summed E-state index contributed by atoms with van der Waals surface area (Å²) < 4.78 is 5.26. The highest BCUT2D eigenvalue weighted by molar-refractivity contribution is 5.69. The maximum absolute atomic E-state index is 11.8. The van der Waals surface area contributed by atoms with Gasteiger partial charge < -0.3 is 20.5 Å². The van der Waals surface area contributed by atoms with Crippen molar-refractivity contribution in [2.24, 2.45) is 11.7 Å². The normalized spacial score (nSPS) is 24.8. The van der Waals surface area contributed by atoms with Crippen LogP contribution in [0.3, 0.4) is 0 Å². The average Bonchev–Trinajstić information content (AvgIpc) is 2.17. The molecule has 0 aromatic rings. The van der Waals surface area contributed by atoms with Crippen LogP contribution < -0.4 is 5.73 Å². The van der Waals surface area contributed by atoms with Crippen LogP contribution >= 0.6 is 0 Å². The second-order valence-electron chi connectivity index (χ2n) is 5.74. The first-order valence-corrected chi connectivity index (χ1v) is 6.14. The third-order valence-corrected chi connectivity index (χ3v) is 2.90. The van der Waals surface area contributed by atoms with Crippen LogP contribution in [0.1, 0.15) is 33.6 Å². The summed E-state index contributed by atoms with van der Waals surface area (Å²) in [5.41, 5.74) is 5.38. The lowest BCUT2D eigenvalue weighted by Crippen LogP contribution is -2.52. The van der Waals surface area contributed by atoms with Crippen LogP contribution in [0.15, 0.2) is 0 Å². The van der Waals surface area contributed by atoms with E-state index in [2.05, 4.69) is 0 Å². The van der Waals surface area contributed by atoms with E-state index in [-0.39, 0.29) is 24.5 Å². The second kappa shape index (κ2) is 5.56. The summed E-state index contributed by atoms with van der Waals surface area (Å²) in [6, 6.07) is -0.303. The number of ether oxygens (including phenoxy) is 1. The number of likely N-dealkylation sites (tertiary alicyclic amines) is 1. The molecule has 1 rings (SSSR count). The summed E-state index contributed by atoms with van der Waals surface area (Å²) in [6.07, 6.45) is 0.280. The van der Waals surface area contributed by atoms with Crippen LogP contribution in [-0.4, -0.2) is 46.8 Å². The van der Waals surface area contributed by atoms with E-state index < -0.39 is 11.6 Å². The Morgan fingerprint density at radius 3 is 2.50 bits per heavy atom. The van der Waals surface area contributed by atoms with E-state index in [0.29, 0.717) is 19.5 Å².